The first kappa shape index (κ1) is 22.1. The molecule has 0 aliphatic rings. The predicted molar refractivity (Wildman–Crippen MR) is 110 cm³/mol. The van der Waals surface area contributed by atoms with E-state index in [0.29, 0.717) is 28.5 Å². The summed E-state index contributed by atoms with van der Waals surface area (Å²) < 4.78 is 36.8. The molecule has 10 nitrogen and oxygen atoms in total. The normalized spacial score (nSPS) is 11.1. The number of amides is 2. The van der Waals surface area contributed by atoms with E-state index in [9.17, 15) is 18.4 Å². The van der Waals surface area contributed by atoms with Crippen molar-refractivity contribution >= 4 is 16.1 Å². The summed E-state index contributed by atoms with van der Waals surface area (Å²) in [5.41, 5.74) is 1.16. The maximum Gasteiger partial charge on any atom is 0.328 e. The number of urea groups is 1. The van der Waals surface area contributed by atoms with E-state index in [4.69, 9.17) is 4.74 Å². The lowest BCUT2D eigenvalue weighted by atomic mass is 10.1. The highest BCUT2D eigenvalue weighted by atomic mass is 32.2. The molecule has 0 spiro atoms. The Labute approximate surface area is 179 Å². The number of sulfonamides is 1. The van der Waals surface area contributed by atoms with E-state index in [1.165, 1.54) is 24.3 Å². The highest BCUT2D eigenvalue weighted by Gasteiger charge is 2.22. The minimum Gasteiger partial charge on any atom is -0.485 e. The van der Waals surface area contributed by atoms with Crippen LogP contribution in [0.4, 0.5) is 4.79 Å². The van der Waals surface area contributed by atoms with Gasteiger partial charge in [-0.05, 0) is 35.6 Å². The summed E-state index contributed by atoms with van der Waals surface area (Å²) in [4.78, 5) is 11.9. The lowest BCUT2D eigenvalue weighted by molar-refractivity contribution is -0.793. The molecule has 0 aliphatic carbocycles. The van der Waals surface area contributed by atoms with Gasteiger partial charge in [-0.2, -0.15) is 0 Å². The van der Waals surface area contributed by atoms with Crippen LogP contribution in [0, 0.1) is 5.21 Å². The molecule has 2 aromatic carbocycles. The highest BCUT2D eigenvalue weighted by Crippen LogP contribution is 2.21. The molecule has 164 valence electrons. The number of hydrogen-bond acceptors (Lipinski definition) is 7. The molecule has 0 fully saturated rings. The SMILES string of the molecule is CCCCNC(=O)NS(=O)(=O)c1ccc(OCc2no[n+]([O-])c2-c2ccccc2)cc1. The Bertz CT molecular complexity index is 1110. The van der Waals surface area contributed by atoms with Crippen LogP contribution in [-0.4, -0.2) is 26.2 Å². The zero-order valence-corrected chi connectivity index (χ0v) is 17.6. The van der Waals surface area contributed by atoms with Crippen molar-refractivity contribution in [2.24, 2.45) is 0 Å². The second-order valence-corrected chi connectivity index (χ2v) is 8.25. The monoisotopic (exact) mass is 446 g/mol. The first-order valence-electron chi connectivity index (χ1n) is 9.58. The number of rotatable bonds is 9. The quantitative estimate of drug-likeness (QED) is 0.380. The second kappa shape index (κ2) is 9.94. The number of nitrogens with zero attached hydrogens (tertiary/aromatic N) is 2. The first-order valence-corrected chi connectivity index (χ1v) is 11.1. The fourth-order valence-corrected chi connectivity index (χ4v) is 3.63. The number of carbonyl (C=O) groups excluding carboxylic acids is 1. The van der Waals surface area contributed by atoms with Crippen LogP contribution in [0.3, 0.4) is 0 Å². The van der Waals surface area contributed by atoms with Crippen LogP contribution in [0.15, 0.2) is 64.1 Å². The zero-order valence-electron chi connectivity index (χ0n) is 16.8. The van der Waals surface area contributed by atoms with Gasteiger partial charge in [0.25, 0.3) is 15.7 Å². The highest BCUT2D eigenvalue weighted by molar-refractivity contribution is 7.90. The van der Waals surface area contributed by atoms with Crippen LogP contribution in [0.25, 0.3) is 11.3 Å². The van der Waals surface area contributed by atoms with Crippen molar-refractivity contribution in [3.8, 4) is 17.0 Å². The molecule has 31 heavy (non-hydrogen) atoms. The Hall–Kier alpha value is -3.60. The molecule has 1 heterocycles. The van der Waals surface area contributed by atoms with Crippen molar-refractivity contribution in [2.45, 2.75) is 31.3 Å². The van der Waals surface area contributed by atoms with Gasteiger partial charge in [-0.1, -0.05) is 43.7 Å². The van der Waals surface area contributed by atoms with Crippen LogP contribution in [0.2, 0.25) is 0 Å². The summed E-state index contributed by atoms with van der Waals surface area (Å²) in [6.07, 6.45) is 1.63. The molecule has 0 saturated carbocycles. The molecule has 0 bridgehead atoms. The first-order chi connectivity index (χ1) is 14.9. The van der Waals surface area contributed by atoms with Crippen LogP contribution < -0.4 is 19.7 Å². The van der Waals surface area contributed by atoms with E-state index in [2.05, 4.69) is 15.1 Å². The Morgan fingerprint density at radius 3 is 2.55 bits per heavy atom. The number of hydrogen-bond donors (Lipinski definition) is 2. The van der Waals surface area contributed by atoms with Crippen molar-refractivity contribution in [2.75, 3.05) is 6.54 Å². The Morgan fingerprint density at radius 1 is 1.16 bits per heavy atom. The van der Waals surface area contributed by atoms with Crippen LogP contribution in [-0.2, 0) is 16.6 Å². The third kappa shape index (κ3) is 5.72. The molecule has 0 atom stereocenters. The molecule has 1 aromatic heterocycles. The lowest BCUT2D eigenvalue weighted by Crippen LogP contribution is -2.39. The second-order valence-electron chi connectivity index (χ2n) is 6.57. The predicted octanol–water partition coefficient (Wildman–Crippen LogP) is 2.34. The van der Waals surface area contributed by atoms with Gasteiger partial charge in [0.2, 0.25) is 5.69 Å². The van der Waals surface area contributed by atoms with E-state index < -0.39 is 16.1 Å². The Balaban J connectivity index is 1.64. The number of benzene rings is 2. The van der Waals surface area contributed by atoms with Crippen LogP contribution in [0.5, 0.6) is 5.75 Å². The third-order valence-corrected chi connectivity index (χ3v) is 5.63. The van der Waals surface area contributed by atoms with Crippen molar-refractivity contribution in [3.63, 3.8) is 0 Å². The fourth-order valence-electron chi connectivity index (χ4n) is 2.70. The smallest absolute Gasteiger partial charge is 0.328 e. The van der Waals surface area contributed by atoms with E-state index in [1.807, 2.05) is 17.7 Å². The number of ether oxygens (including phenoxy) is 1. The van der Waals surface area contributed by atoms with E-state index >= 15 is 0 Å². The molecule has 11 heteroatoms. The van der Waals surface area contributed by atoms with Gasteiger partial charge in [0.05, 0.1) is 4.90 Å². The van der Waals surface area contributed by atoms with Gasteiger partial charge in [0.1, 0.15) is 5.75 Å². The molecule has 3 aromatic rings. The summed E-state index contributed by atoms with van der Waals surface area (Å²) in [5.74, 6) is 0.353. The fraction of sp³-hybridized carbons (Fsp3) is 0.250. The van der Waals surface area contributed by atoms with Gasteiger partial charge in [-0.15, -0.1) is 0 Å². The van der Waals surface area contributed by atoms with Crippen LogP contribution in [0.1, 0.15) is 25.5 Å². The summed E-state index contributed by atoms with van der Waals surface area (Å²) in [5, 5.41) is 18.1. The largest absolute Gasteiger partial charge is 0.485 e. The van der Waals surface area contributed by atoms with Crippen molar-refractivity contribution in [3.05, 3.63) is 65.5 Å². The summed E-state index contributed by atoms with van der Waals surface area (Å²) in [7, 11) is -4.01. The number of unbranched alkanes of at least 4 members (excludes halogenated alkanes) is 1. The van der Waals surface area contributed by atoms with E-state index in [-0.39, 0.29) is 17.2 Å². The maximum atomic E-state index is 12.3. The van der Waals surface area contributed by atoms with Gasteiger partial charge >= 0.3 is 6.03 Å². The van der Waals surface area contributed by atoms with Gasteiger partial charge in [-0.3, -0.25) is 4.63 Å². The lowest BCUT2D eigenvalue weighted by Gasteiger charge is -2.09. The summed E-state index contributed by atoms with van der Waals surface area (Å²) in [6.45, 7) is 2.29. The number of carbonyl (C=O) groups is 1. The third-order valence-electron chi connectivity index (χ3n) is 4.28. The molecule has 0 radical (unpaired) electrons. The van der Waals surface area contributed by atoms with Gasteiger partial charge in [-0.25, -0.2) is 17.9 Å². The molecule has 0 unspecified atom stereocenters. The molecular weight excluding hydrogens is 424 g/mol. The van der Waals surface area contributed by atoms with E-state index in [1.54, 1.807) is 24.3 Å². The molecular formula is C20H22N4O6S. The molecule has 2 amide bonds. The van der Waals surface area contributed by atoms with Crippen LogP contribution >= 0.6 is 0 Å². The van der Waals surface area contributed by atoms with Gasteiger partial charge in [0, 0.05) is 17.3 Å². The minimum atomic E-state index is -4.01. The van der Waals surface area contributed by atoms with Crippen molar-refractivity contribution in [1.29, 1.82) is 0 Å². The summed E-state index contributed by atoms with van der Waals surface area (Å²) in [6, 6.07) is 13.6. The maximum absolute atomic E-state index is 12.3. The van der Waals surface area contributed by atoms with Crippen molar-refractivity contribution < 1.29 is 27.5 Å². The molecule has 0 aliphatic heterocycles. The van der Waals surface area contributed by atoms with Gasteiger partial charge < -0.3 is 15.3 Å². The minimum absolute atomic E-state index is 0.0624. The summed E-state index contributed by atoms with van der Waals surface area (Å²) >= 11 is 0. The average Bonchev–Trinajstić information content (AvgIpc) is 3.13. The van der Waals surface area contributed by atoms with Crippen molar-refractivity contribution in [1.82, 2.24) is 15.2 Å². The Morgan fingerprint density at radius 2 is 1.87 bits per heavy atom. The standard InChI is InChI=1S/C20H22N4O6S/c1-2-3-13-21-20(25)23-31(27,28)17-11-9-16(10-12-17)29-14-18-19(24(26)30-22-18)15-7-5-4-6-8-15/h4-12H,2-3,13-14H2,1H3,(H2,21,23,25). The molecule has 2 N–H and O–H groups in total. The average molecular weight is 446 g/mol. The van der Waals surface area contributed by atoms with E-state index in [0.717, 1.165) is 12.8 Å². The topological polar surface area (TPSA) is 137 Å². The number of aromatic nitrogens is 2. The van der Waals surface area contributed by atoms with Gasteiger partial charge in [0.15, 0.2) is 6.61 Å². The number of nitrogens with one attached hydrogen (secondary N) is 2. The zero-order chi connectivity index (χ0) is 22.3. The Kier molecular flexibility index (Phi) is 7.08. The molecule has 0 saturated heterocycles. The molecule has 3 rings (SSSR count).